The van der Waals surface area contributed by atoms with Crippen LogP contribution in [0.5, 0.6) is 11.5 Å². The maximum Gasteiger partial charge on any atom is 0.248 e. The van der Waals surface area contributed by atoms with Gasteiger partial charge in [-0.25, -0.2) is 27.2 Å². The number of para-hydroxylation sites is 1. The topological polar surface area (TPSA) is 130 Å². The molecule has 4 rings (SSSR count). The first-order valence-corrected chi connectivity index (χ1v) is 14.4. The van der Waals surface area contributed by atoms with Crippen LogP contribution < -0.4 is 14.2 Å². The smallest absolute Gasteiger partial charge is 0.248 e. The van der Waals surface area contributed by atoms with Gasteiger partial charge in [0, 0.05) is 31.2 Å². The van der Waals surface area contributed by atoms with Gasteiger partial charge in [0.15, 0.2) is 5.82 Å². The van der Waals surface area contributed by atoms with E-state index in [9.17, 15) is 17.2 Å². The number of alkyl halides is 2. The largest absolute Gasteiger partial charge is 0.494 e. The van der Waals surface area contributed by atoms with Gasteiger partial charge < -0.3 is 14.2 Å². The second kappa shape index (κ2) is 11.6. The molecule has 40 heavy (non-hydrogen) atoms. The number of ether oxygens (including phenoxy) is 3. The molecule has 14 heteroatoms. The van der Waals surface area contributed by atoms with Crippen LogP contribution in [-0.4, -0.2) is 64.6 Å². The summed E-state index contributed by atoms with van der Waals surface area (Å²) < 4.78 is 76.9. The number of aromatic nitrogens is 5. The van der Waals surface area contributed by atoms with Crippen molar-refractivity contribution >= 4 is 16.0 Å². The third kappa shape index (κ3) is 6.17. The van der Waals surface area contributed by atoms with Gasteiger partial charge in [-0.1, -0.05) is 6.07 Å². The Kier molecular flexibility index (Phi) is 8.59. The van der Waals surface area contributed by atoms with E-state index in [0.717, 1.165) is 5.56 Å². The molecule has 1 saturated carbocycles. The minimum atomic E-state index is -4.23. The number of sulfonamides is 1. The quantitative estimate of drug-likeness (QED) is 0.346. The van der Waals surface area contributed by atoms with Crippen molar-refractivity contribution < 1.29 is 31.4 Å². The second-order valence-electron chi connectivity index (χ2n) is 10.1. The summed E-state index contributed by atoms with van der Waals surface area (Å²) >= 11 is 0. The first-order chi connectivity index (χ1) is 18.9. The van der Waals surface area contributed by atoms with Gasteiger partial charge in [-0.3, -0.25) is 9.29 Å². The Bertz CT molecular complexity index is 1410. The standard InChI is InChI=1S/C26H34F2N6O5S/c1-15(2)39-22(23-29-13-16(3)14-30-23)17(4)40(35,36)33-25-32-31-24(18-10-11-26(27,28)12-18)34(25)21-19(37-5)8-7-9-20(21)38-6/h7-9,13-15,17-18,22H,10-12H2,1-6H3,(H,32,33)/t17?,18-,22?/m1/s1. The lowest BCUT2D eigenvalue weighted by atomic mass is 10.1. The molecule has 3 aromatic rings. The summed E-state index contributed by atoms with van der Waals surface area (Å²) in [5.74, 6) is -2.74. The summed E-state index contributed by atoms with van der Waals surface area (Å²) in [5.41, 5.74) is 1.09. The van der Waals surface area contributed by atoms with Gasteiger partial charge >= 0.3 is 0 Å². The molecule has 1 fully saturated rings. The van der Waals surface area contributed by atoms with Gasteiger partial charge in [-0.15, -0.1) is 10.2 Å². The number of anilines is 1. The molecule has 1 aliphatic rings. The van der Waals surface area contributed by atoms with Crippen LogP contribution in [0, 0.1) is 6.92 Å². The Morgan fingerprint density at radius 3 is 2.23 bits per heavy atom. The fourth-order valence-corrected chi connectivity index (χ4v) is 5.76. The number of aryl methyl sites for hydroxylation is 1. The SMILES string of the molecule is COc1cccc(OC)c1-n1c(NS(=O)(=O)C(C)C(OC(C)C)c2ncc(C)cn2)nnc1[C@@H]1CCC(F)(F)C1. The molecule has 1 aromatic carbocycles. The van der Waals surface area contributed by atoms with Crippen LogP contribution in [0.25, 0.3) is 5.69 Å². The summed E-state index contributed by atoms with van der Waals surface area (Å²) in [6, 6.07) is 4.98. The van der Waals surface area contributed by atoms with Crippen molar-refractivity contribution in [2.75, 3.05) is 18.9 Å². The fourth-order valence-electron chi connectivity index (χ4n) is 4.68. The van der Waals surface area contributed by atoms with Crippen molar-refractivity contribution in [2.45, 2.75) is 76.3 Å². The van der Waals surface area contributed by atoms with Crippen LogP contribution in [-0.2, 0) is 14.8 Å². The van der Waals surface area contributed by atoms with Gasteiger partial charge in [-0.2, -0.15) is 0 Å². The average molecular weight is 581 g/mol. The first kappa shape index (κ1) is 29.6. The molecule has 11 nitrogen and oxygen atoms in total. The highest BCUT2D eigenvalue weighted by Gasteiger charge is 2.43. The van der Waals surface area contributed by atoms with Crippen molar-refractivity contribution in [3.05, 3.63) is 47.8 Å². The highest BCUT2D eigenvalue weighted by molar-refractivity contribution is 7.93. The zero-order chi connectivity index (χ0) is 29.2. The minimum absolute atomic E-state index is 0.154. The zero-order valence-electron chi connectivity index (χ0n) is 23.3. The summed E-state index contributed by atoms with van der Waals surface area (Å²) in [5, 5.41) is 7.10. The van der Waals surface area contributed by atoms with E-state index < -0.39 is 39.6 Å². The van der Waals surface area contributed by atoms with E-state index in [-0.39, 0.29) is 42.2 Å². The van der Waals surface area contributed by atoms with Gasteiger partial charge in [0.1, 0.15) is 34.4 Å². The number of hydrogen-bond acceptors (Lipinski definition) is 9. The summed E-state index contributed by atoms with van der Waals surface area (Å²) in [6.07, 6.45) is 1.23. The van der Waals surface area contributed by atoms with Crippen molar-refractivity contribution in [1.29, 1.82) is 0 Å². The lowest BCUT2D eigenvalue weighted by molar-refractivity contribution is 0.00149. The Morgan fingerprint density at radius 1 is 1.07 bits per heavy atom. The van der Waals surface area contributed by atoms with Crippen LogP contribution in [0.1, 0.15) is 69.3 Å². The van der Waals surface area contributed by atoms with Crippen molar-refractivity contribution in [2.24, 2.45) is 0 Å². The summed E-state index contributed by atoms with van der Waals surface area (Å²) in [7, 11) is -1.35. The number of benzene rings is 1. The number of hydrogen-bond donors (Lipinski definition) is 1. The third-order valence-corrected chi connectivity index (χ3v) is 8.40. The van der Waals surface area contributed by atoms with Gasteiger partial charge in [-0.05, 0) is 51.8 Å². The molecule has 1 aliphatic carbocycles. The molecule has 3 atom stereocenters. The van der Waals surface area contributed by atoms with E-state index in [1.54, 1.807) is 44.4 Å². The monoisotopic (exact) mass is 580 g/mol. The maximum atomic E-state index is 14.2. The molecule has 0 saturated heterocycles. The third-order valence-electron chi connectivity index (χ3n) is 6.71. The molecule has 0 amide bonds. The van der Waals surface area contributed by atoms with E-state index in [1.807, 2.05) is 6.92 Å². The lowest BCUT2D eigenvalue weighted by Gasteiger charge is -2.26. The zero-order valence-corrected chi connectivity index (χ0v) is 24.1. The lowest BCUT2D eigenvalue weighted by Crippen LogP contribution is -2.35. The maximum absolute atomic E-state index is 14.2. The van der Waals surface area contributed by atoms with E-state index in [4.69, 9.17) is 14.2 Å². The Morgan fingerprint density at radius 2 is 1.70 bits per heavy atom. The van der Waals surface area contributed by atoms with E-state index >= 15 is 0 Å². The molecule has 2 aromatic heterocycles. The molecular weight excluding hydrogens is 546 g/mol. The molecule has 2 heterocycles. The van der Waals surface area contributed by atoms with Crippen LogP contribution in [0.2, 0.25) is 0 Å². The molecule has 0 spiro atoms. The van der Waals surface area contributed by atoms with E-state index in [1.165, 1.54) is 25.7 Å². The van der Waals surface area contributed by atoms with Crippen LogP contribution in [0.3, 0.4) is 0 Å². The first-order valence-electron chi connectivity index (χ1n) is 12.9. The van der Waals surface area contributed by atoms with Gasteiger partial charge in [0.2, 0.25) is 21.9 Å². The number of rotatable bonds is 11. The predicted octanol–water partition coefficient (Wildman–Crippen LogP) is 4.58. The summed E-state index contributed by atoms with van der Waals surface area (Å²) in [4.78, 5) is 8.58. The highest BCUT2D eigenvalue weighted by Crippen LogP contribution is 2.46. The molecule has 218 valence electrons. The average Bonchev–Trinajstić information content (AvgIpc) is 3.48. The number of halogens is 2. The number of methoxy groups -OCH3 is 2. The van der Waals surface area contributed by atoms with E-state index in [0.29, 0.717) is 11.5 Å². The van der Waals surface area contributed by atoms with Gasteiger partial charge in [0.25, 0.3) is 0 Å². The van der Waals surface area contributed by atoms with E-state index in [2.05, 4.69) is 24.9 Å². The second-order valence-corrected chi connectivity index (χ2v) is 12.1. The Labute approximate surface area is 232 Å². The normalized spacial score (nSPS) is 18.5. The fraction of sp³-hybridized carbons (Fsp3) is 0.538. The predicted molar refractivity (Wildman–Crippen MR) is 144 cm³/mol. The Balaban J connectivity index is 1.80. The number of nitrogens with zero attached hydrogens (tertiary/aromatic N) is 5. The molecular formula is C26H34F2N6O5S. The van der Waals surface area contributed by atoms with Crippen molar-refractivity contribution in [3.8, 4) is 17.2 Å². The highest BCUT2D eigenvalue weighted by atomic mass is 32.2. The molecule has 2 unspecified atom stereocenters. The van der Waals surface area contributed by atoms with Crippen LogP contribution in [0.15, 0.2) is 30.6 Å². The van der Waals surface area contributed by atoms with Crippen molar-refractivity contribution in [3.63, 3.8) is 0 Å². The van der Waals surface area contributed by atoms with Crippen LogP contribution in [0.4, 0.5) is 14.7 Å². The molecule has 0 aliphatic heterocycles. The molecule has 1 N–H and O–H groups in total. The molecule has 0 radical (unpaired) electrons. The van der Waals surface area contributed by atoms with Gasteiger partial charge in [0.05, 0.1) is 20.3 Å². The summed E-state index contributed by atoms with van der Waals surface area (Å²) in [6.45, 7) is 6.85. The Hall–Kier alpha value is -3.39. The minimum Gasteiger partial charge on any atom is -0.494 e. The van der Waals surface area contributed by atoms with Crippen molar-refractivity contribution in [1.82, 2.24) is 24.7 Å². The molecule has 0 bridgehead atoms. The number of nitrogens with one attached hydrogen (secondary N) is 1. The van der Waals surface area contributed by atoms with Crippen LogP contribution >= 0.6 is 0 Å².